The molecule has 2 unspecified atom stereocenters. The number of hydrogen-bond acceptors (Lipinski definition) is 3. The minimum atomic E-state index is -0.0231. The molecule has 1 heterocycles. The van der Waals surface area contributed by atoms with Crippen LogP contribution in [0.4, 0.5) is 0 Å². The van der Waals surface area contributed by atoms with Crippen LogP contribution in [0.25, 0.3) is 0 Å². The number of hydrogen-bond donors (Lipinski definition) is 1. The average Bonchev–Trinajstić information content (AvgIpc) is 2.32. The van der Waals surface area contributed by atoms with Gasteiger partial charge in [0.05, 0.1) is 5.60 Å². The fourth-order valence-electron chi connectivity index (χ4n) is 1.38. The van der Waals surface area contributed by atoms with Crippen LogP contribution in [0, 0.1) is 0 Å². The van der Waals surface area contributed by atoms with Gasteiger partial charge in [-0.15, -0.1) is 0 Å². The summed E-state index contributed by atoms with van der Waals surface area (Å²) in [5.41, 5.74) is 5.61. The van der Waals surface area contributed by atoms with E-state index in [2.05, 4.69) is 6.92 Å². The first kappa shape index (κ1) is 8.37. The smallest absolute Gasteiger partial charge is 0.0923 e. The van der Waals surface area contributed by atoms with E-state index >= 15 is 0 Å². The molecular formula is C7H15NOS. The Kier molecular flexibility index (Phi) is 2.61. The molecule has 2 N–H and O–H groups in total. The van der Waals surface area contributed by atoms with Gasteiger partial charge in [-0.1, -0.05) is 6.92 Å². The van der Waals surface area contributed by atoms with E-state index in [0.717, 1.165) is 6.42 Å². The van der Waals surface area contributed by atoms with E-state index in [9.17, 15) is 0 Å². The molecular weight excluding hydrogens is 146 g/mol. The van der Waals surface area contributed by atoms with Crippen molar-refractivity contribution < 1.29 is 4.74 Å². The number of ether oxygens (including phenoxy) is 1. The zero-order valence-corrected chi connectivity index (χ0v) is 7.41. The zero-order valence-electron chi connectivity index (χ0n) is 6.59. The van der Waals surface area contributed by atoms with Crippen molar-refractivity contribution in [2.24, 2.45) is 5.73 Å². The SMILES string of the molecule is COC1(CN)CCSC1C. The molecule has 0 aromatic carbocycles. The molecule has 0 saturated carbocycles. The van der Waals surface area contributed by atoms with Gasteiger partial charge < -0.3 is 10.5 Å². The van der Waals surface area contributed by atoms with Crippen molar-refractivity contribution in [2.45, 2.75) is 24.2 Å². The highest BCUT2D eigenvalue weighted by Crippen LogP contribution is 2.37. The highest BCUT2D eigenvalue weighted by atomic mass is 32.2. The number of methoxy groups -OCH3 is 1. The van der Waals surface area contributed by atoms with Gasteiger partial charge in [-0.05, 0) is 12.2 Å². The lowest BCUT2D eigenvalue weighted by molar-refractivity contribution is 0.00270. The summed E-state index contributed by atoms with van der Waals surface area (Å²) < 4.78 is 5.41. The van der Waals surface area contributed by atoms with Gasteiger partial charge in [0.2, 0.25) is 0 Å². The van der Waals surface area contributed by atoms with Crippen molar-refractivity contribution >= 4 is 11.8 Å². The van der Waals surface area contributed by atoms with Crippen molar-refractivity contribution in [1.29, 1.82) is 0 Å². The number of thioether (sulfide) groups is 1. The van der Waals surface area contributed by atoms with E-state index in [1.807, 2.05) is 11.8 Å². The quantitative estimate of drug-likeness (QED) is 0.652. The van der Waals surface area contributed by atoms with Gasteiger partial charge in [0.25, 0.3) is 0 Å². The maximum Gasteiger partial charge on any atom is 0.0923 e. The van der Waals surface area contributed by atoms with Gasteiger partial charge in [0.1, 0.15) is 0 Å². The molecule has 1 rings (SSSR count). The molecule has 0 bridgehead atoms. The lowest BCUT2D eigenvalue weighted by Gasteiger charge is -2.29. The molecule has 2 atom stereocenters. The first-order valence-corrected chi connectivity index (χ1v) is 4.67. The Morgan fingerprint density at radius 3 is 2.70 bits per heavy atom. The Labute approximate surface area is 66.5 Å². The van der Waals surface area contributed by atoms with Crippen LogP contribution in [-0.4, -0.2) is 30.3 Å². The molecule has 10 heavy (non-hydrogen) atoms. The Morgan fingerprint density at radius 1 is 1.80 bits per heavy atom. The Morgan fingerprint density at radius 2 is 2.50 bits per heavy atom. The number of nitrogens with two attached hydrogens (primary N) is 1. The van der Waals surface area contributed by atoms with E-state index < -0.39 is 0 Å². The summed E-state index contributed by atoms with van der Waals surface area (Å²) in [7, 11) is 1.76. The highest BCUT2D eigenvalue weighted by Gasteiger charge is 2.39. The van der Waals surface area contributed by atoms with E-state index in [1.165, 1.54) is 5.75 Å². The molecule has 3 heteroatoms. The highest BCUT2D eigenvalue weighted by molar-refractivity contribution is 8.00. The fourth-order valence-corrected chi connectivity index (χ4v) is 2.81. The van der Waals surface area contributed by atoms with Gasteiger partial charge >= 0.3 is 0 Å². The largest absolute Gasteiger partial charge is 0.376 e. The third-order valence-corrected chi connectivity index (χ3v) is 3.76. The van der Waals surface area contributed by atoms with Gasteiger partial charge in [-0.2, -0.15) is 11.8 Å². The van der Waals surface area contributed by atoms with Crippen LogP contribution in [-0.2, 0) is 4.74 Å². The molecule has 0 radical (unpaired) electrons. The Hall–Kier alpha value is 0.270. The van der Waals surface area contributed by atoms with Crippen LogP contribution >= 0.6 is 11.8 Å². The van der Waals surface area contributed by atoms with Gasteiger partial charge in [0.15, 0.2) is 0 Å². The molecule has 1 aliphatic rings. The van der Waals surface area contributed by atoms with Crippen molar-refractivity contribution in [3.8, 4) is 0 Å². The molecule has 0 aliphatic carbocycles. The molecule has 0 amide bonds. The van der Waals surface area contributed by atoms with Crippen LogP contribution in [0.15, 0.2) is 0 Å². The maximum absolute atomic E-state index is 5.63. The van der Waals surface area contributed by atoms with Crippen LogP contribution in [0.1, 0.15) is 13.3 Å². The van der Waals surface area contributed by atoms with Crippen LogP contribution in [0.2, 0.25) is 0 Å². The third kappa shape index (κ3) is 1.18. The predicted octanol–water partition coefficient (Wildman–Crippen LogP) is 0.856. The summed E-state index contributed by atoms with van der Waals surface area (Å²) in [5.74, 6) is 1.19. The first-order chi connectivity index (χ1) is 4.75. The van der Waals surface area contributed by atoms with Gasteiger partial charge in [0, 0.05) is 18.9 Å². The minimum absolute atomic E-state index is 0.0231. The topological polar surface area (TPSA) is 35.2 Å². The monoisotopic (exact) mass is 161 g/mol. The molecule has 0 aromatic rings. The lowest BCUT2D eigenvalue weighted by atomic mass is 9.97. The van der Waals surface area contributed by atoms with Crippen LogP contribution < -0.4 is 5.73 Å². The second kappa shape index (κ2) is 3.11. The summed E-state index contributed by atoms with van der Waals surface area (Å²) in [6, 6.07) is 0. The Bertz CT molecular complexity index is 114. The summed E-state index contributed by atoms with van der Waals surface area (Å²) >= 11 is 1.95. The maximum atomic E-state index is 5.63. The zero-order chi connectivity index (χ0) is 7.61. The normalized spacial score (nSPS) is 40.5. The molecule has 1 saturated heterocycles. The summed E-state index contributed by atoms with van der Waals surface area (Å²) in [6.45, 7) is 2.84. The second-order valence-corrected chi connectivity index (χ2v) is 4.18. The van der Waals surface area contributed by atoms with Crippen molar-refractivity contribution in [3.63, 3.8) is 0 Å². The van der Waals surface area contributed by atoms with Gasteiger partial charge in [-0.25, -0.2) is 0 Å². The van der Waals surface area contributed by atoms with E-state index in [4.69, 9.17) is 10.5 Å². The predicted molar refractivity (Wildman–Crippen MR) is 45.3 cm³/mol. The minimum Gasteiger partial charge on any atom is -0.376 e. The van der Waals surface area contributed by atoms with Crippen molar-refractivity contribution in [2.75, 3.05) is 19.4 Å². The molecule has 2 nitrogen and oxygen atoms in total. The summed E-state index contributed by atoms with van der Waals surface area (Å²) in [4.78, 5) is 0. The summed E-state index contributed by atoms with van der Waals surface area (Å²) in [5, 5.41) is 0.558. The van der Waals surface area contributed by atoms with Crippen molar-refractivity contribution in [1.82, 2.24) is 0 Å². The molecule has 0 spiro atoms. The Balaban J connectivity index is 2.61. The van der Waals surface area contributed by atoms with E-state index in [0.29, 0.717) is 11.8 Å². The average molecular weight is 161 g/mol. The van der Waals surface area contributed by atoms with Crippen molar-refractivity contribution in [3.05, 3.63) is 0 Å². The fraction of sp³-hybridized carbons (Fsp3) is 1.00. The van der Waals surface area contributed by atoms with Crippen LogP contribution in [0.3, 0.4) is 0 Å². The molecule has 1 fully saturated rings. The second-order valence-electron chi connectivity index (χ2n) is 2.74. The number of rotatable bonds is 2. The van der Waals surface area contributed by atoms with E-state index in [1.54, 1.807) is 7.11 Å². The lowest BCUT2D eigenvalue weighted by Crippen LogP contribution is -2.44. The molecule has 1 aliphatic heterocycles. The van der Waals surface area contributed by atoms with Crippen LogP contribution in [0.5, 0.6) is 0 Å². The first-order valence-electron chi connectivity index (χ1n) is 3.62. The van der Waals surface area contributed by atoms with Gasteiger partial charge in [-0.3, -0.25) is 0 Å². The molecule has 0 aromatic heterocycles. The standard InChI is InChI=1S/C7H15NOS/c1-6-7(5-8,9-2)3-4-10-6/h6H,3-5,8H2,1-2H3. The van der Waals surface area contributed by atoms with E-state index in [-0.39, 0.29) is 5.60 Å². The molecule has 60 valence electrons. The third-order valence-electron chi connectivity index (χ3n) is 2.39. The summed E-state index contributed by atoms with van der Waals surface area (Å²) in [6.07, 6.45) is 1.10.